The van der Waals surface area contributed by atoms with E-state index in [1.165, 1.54) is 10.5 Å². The van der Waals surface area contributed by atoms with Gasteiger partial charge in [0, 0.05) is 10.8 Å². The van der Waals surface area contributed by atoms with Crippen LogP contribution in [-0.4, -0.2) is 12.1 Å². The first kappa shape index (κ1) is 9.69. The van der Waals surface area contributed by atoms with Gasteiger partial charge in [-0.3, -0.25) is 0 Å². The van der Waals surface area contributed by atoms with Crippen LogP contribution in [0.1, 0.15) is 5.56 Å². The molecule has 0 heterocycles. The predicted molar refractivity (Wildman–Crippen MR) is 58.0 cm³/mol. The van der Waals surface area contributed by atoms with E-state index in [4.69, 9.17) is 11.6 Å². The molecule has 0 atom stereocenters. The molecule has 0 aromatic heterocycles. The Labute approximate surface area is 82.6 Å². The van der Waals surface area contributed by atoms with Crippen LogP contribution < -0.4 is 0 Å². The molecule has 0 radical (unpaired) electrons. The highest BCUT2D eigenvalue weighted by Crippen LogP contribution is 2.20. The predicted octanol–water partition coefficient (Wildman–Crippen LogP) is 3.66. The summed E-state index contributed by atoms with van der Waals surface area (Å²) in [4.78, 5) is 1.29. The van der Waals surface area contributed by atoms with Crippen molar-refractivity contribution in [2.75, 3.05) is 12.1 Å². The fourth-order valence-electron chi connectivity index (χ4n) is 0.976. The van der Waals surface area contributed by atoms with E-state index in [2.05, 4.69) is 24.5 Å². The van der Waals surface area contributed by atoms with Gasteiger partial charge in [0.2, 0.25) is 0 Å². The molecule has 1 aromatic rings. The molecule has 0 aliphatic rings. The molecule has 0 saturated heterocycles. The molecule has 1 rings (SSSR count). The third-order valence-electron chi connectivity index (χ3n) is 1.53. The summed E-state index contributed by atoms with van der Waals surface area (Å²) in [7, 11) is 0. The van der Waals surface area contributed by atoms with E-state index in [1.54, 1.807) is 11.8 Å². The van der Waals surface area contributed by atoms with Gasteiger partial charge in [0.25, 0.3) is 0 Å². The van der Waals surface area contributed by atoms with E-state index in [-0.39, 0.29) is 0 Å². The second-order valence-corrected chi connectivity index (χ2v) is 3.46. The minimum absolute atomic E-state index is 0.572. The minimum atomic E-state index is 0.572. The highest BCUT2D eigenvalue weighted by Gasteiger charge is 1.93. The molecule has 0 saturated carbocycles. The van der Waals surface area contributed by atoms with E-state index >= 15 is 0 Å². The average molecular weight is 199 g/mol. The number of hydrogen-bond donors (Lipinski definition) is 0. The van der Waals surface area contributed by atoms with Gasteiger partial charge in [-0.05, 0) is 17.9 Å². The highest BCUT2D eigenvalue weighted by molar-refractivity contribution is 7.98. The summed E-state index contributed by atoms with van der Waals surface area (Å²) in [5.41, 5.74) is 1.24. The molecule has 0 bridgehead atoms. The standard InChI is InChI=1S/C10H11ClS/c1-12-10-7-3-2-5-9(10)6-4-8-11/h2-7H,8H2,1H3. The molecular formula is C10H11ClS. The molecule has 12 heavy (non-hydrogen) atoms. The molecule has 0 unspecified atom stereocenters. The monoisotopic (exact) mass is 198 g/mol. The van der Waals surface area contributed by atoms with E-state index in [0.29, 0.717) is 5.88 Å². The van der Waals surface area contributed by atoms with Crippen molar-refractivity contribution in [2.45, 2.75) is 4.90 Å². The lowest BCUT2D eigenvalue weighted by Gasteiger charge is -2.00. The van der Waals surface area contributed by atoms with Crippen molar-refractivity contribution in [3.63, 3.8) is 0 Å². The lowest BCUT2D eigenvalue weighted by Crippen LogP contribution is -1.76. The maximum absolute atomic E-state index is 5.55. The van der Waals surface area contributed by atoms with E-state index in [1.807, 2.05) is 18.2 Å². The zero-order valence-corrected chi connectivity index (χ0v) is 8.53. The Bertz CT molecular complexity index is 268. The van der Waals surface area contributed by atoms with Crippen molar-refractivity contribution in [3.8, 4) is 0 Å². The summed E-state index contributed by atoms with van der Waals surface area (Å²) < 4.78 is 0. The first-order chi connectivity index (χ1) is 5.88. The Balaban J connectivity index is 2.89. The van der Waals surface area contributed by atoms with Crippen molar-refractivity contribution < 1.29 is 0 Å². The zero-order chi connectivity index (χ0) is 8.81. The molecule has 0 fully saturated rings. The largest absolute Gasteiger partial charge is 0.129 e. The Hall–Kier alpha value is -0.400. The normalized spacial score (nSPS) is 10.8. The van der Waals surface area contributed by atoms with Crippen molar-refractivity contribution in [1.29, 1.82) is 0 Å². The van der Waals surface area contributed by atoms with E-state index in [9.17, 15) is 0 Å². The number of thioether (sulfide) groups is 1. The third-order valence-corrected chi connectivity index (χ3v) is 2.52. The van der Waals surface area contributed by atoms with Gasteiger partial charge in [-0.25, -0.2) is 0 Å². The number of benzene rings is 1. The lowest BCUT2D eigenvalue weighted by molar-refractivity contribution is 1.42. The lowest BCUT2D eigenvalue weighted by atomic mass is 10.2. The molecule has 0 N–H and O–H groups in total. The van der Waals surface area contributed by atoms with Crippen LogP contribution in [0, 0.1) is 0 Å². The second-order valence-electron chi connectivity index (χ2n) is 2.30. The first-order valence-electron chi connectivity index (χ1n) is 3.74. The van der Waals surface area contributed by atoms with Gasteiger partial charge < -0.3 is 0 Å². The van der Waals surface area contributed by atoms with Gasteiger partial charge in [0.05, 0.1) is 0 Å². The van der Waals surface area contributed by atoms with Crippen LogP contribution >= 0.6 is 23.4 Å². The summed E-state index contributed by atoms with van der Waals surface area (Å²) in [5.74, 6) is 0.572. The number of allylic oxidation sites excluding steroid dienone is 1. The van der Waals surface area contributed by atoms with E-state index in [0.717, 1.165) is 0 Å². The molecule has 0 amide bonds. The van der Waals surface area contributed by atoms with Crippen LogP contribution in [0.2, 0.25) is 0 Å². The van der Waals surface area contributed by atoms with Crippen molar-refractivity contribution in [2.24, 2.45) is 0 Å². The smallest absolute Gasteiger partial charge is 0.0407 e. The van der Waals surface area contributed by atoms with Crippen LogP contribution in [0.4, 0.5) is 0 Å². The molecule has 0 nitrogen and oxygen atoms in total. The number of alkyl halides is 1. The topological polar surface area (TPSA) is 0 Å². The maximum atomic E-state index is 5.55. The Morgan fingerprint density at radius 3 is 2.83 bits per heavy atom. The van der Waals surface area contributed by atoms with Crippen molar-refractivity contribution in [3.05, 3.63) is 35.9 Å². The Morgan fingerprint density at radius 2 is 2.17 bits per heavy atom. The van der Waals surface area contributed by atoms with Crippen LogP contribution in [0.3, 0.4) is 0 Å². The Kier molecular flexibility index (Phi) is 4.26. The summed E-state index contributed by atoms with van der Waals surface area (Å²) >= 11 is 7.30. The fourth-order valence-corrected chi connectivity index (χ4v) is 1.65. The van der Waals surface area contributed by atoms with Gasteiger partial charge >= 0.3 is 0 Å². The highest BCUT2D eigenvalue weighted by atomic mass is 35.5. The van der Waals surface area contributed by atoms with Crippen LogP contribution in [0.25, 0.3) is 6.08 Å². The molecule has 64 valence electrons. The van der Waals surface area contributed by atoms with Crippen molar-refractivity contribution >= 4 is 29.4 Å². The van der Waals surface area contributed by atoms with Gasteiger partial charge in [0.1, 0.15) is 0 Å². The molecule has 0 aliphatic heterocycles. The van der Waals surface area contributed by atoms with Crippen molar-refractivity contribution in [1.82, 2.24) is 0 Å². The van der Waals surface area contributed by atoms with E-state index < -0.39 is 0 Å². The molecule has 0 spiro atoms. The quantitative estimate of drug-likeness (QED) is 0.528. The molecule has 2 heteroatoms. The average Bonchev–Trinajstić information content (AvgIpc) is 2.15. The third kappa shape index (κ3) is 2.58. The summed E-state index contributed by atoms with van der Waals surface area (Å²) in [6.45, 7) is 0. The number of hydrogen-bond acceptors (Lipinski definition) is 1. The zero-order valence-electron chi connectivity index (χ0n) is 6.96. The van der Waals surface area contributed by atoms with Gasteiger partial charge in [-0.15, -0.1) is 23.4 Å². The van der Waals surface area contributed by atoms with Gasteiger partial charge in [-0.1, -0.05) is 30.4 Å². The van der Waals surface area contributed by atoms with Crippen LogP contribution in [0.15, 0.2) is 35.2 Å². The molecule has 1 aromatic carbocycles. The fraction of sp³-hybridized carbons (Fsp3) is 0.200. The minimum Gasteiger partial charge on any atom is -0.129 e. The maximum Gasteiger partial charge on any atom is 0.0407 e. The number of rotatable bonds is 3. The summed E-state index contributed by atoms with van der Waals surface area (Å²) in [6.07, 6.45) is 6.09. The van der Waals surface area contributed by atoms with Crippen LogP contribution in [0.5, 0.6) is 0 Å². The summed E-state index contributed by atoms with van der Waals surface area (Å²) in [5, 5.41) is 0. The second kappa shape index (κ2) is 5.28. The Morgan fingerprint density at radius 1 is 1.42 bits per heavy atom. The molecule has 0 aliphatic carbocycles. The SMILES string of the molecule is CSc1ccccc1C=CCCl. The van der Waals surface area contributed by atoms with Gasteiger partial charge in [-0.2, -0.15) is 0 Å². The molecular weight excluding hydrogens is 188 g/mol. The number of halogens is 1. The first-order valence-corrected chi connectivity index (χ1v) is 5.50. The van der Waals surface area contributed by atoms with Gasteiger partial charge in [0.15, 0.2) is 0 Å². The summed E-state index contributed by atoms with van der Waals surface area (Å²) in [6, 6.07) is 8.28. The van der Waals surface area contributed by atoms with Crippen LogP contribution in [-0.2, 0) is 0 Å².